The molecular weight excluding hydrogens is 341 g/mol. The Labute approximate surface area is 137 Å². The third-order valence-electron chi connectivity index (χ3n) is 3.26. The lowest BCUT2D eigenvalue weighted by Gasteiger charge is -2.05. The van der Waals surface area contributed by atoms with Gasteiger partial charge in [0.25, 0.3) is 0 Å². The summed E-state index contributed by atoms with van der Waals surface area (Å²) in [5, 5.41) is 0.473. The van der Waals surface area contributed by atoms with E-state index < -0.39 is 10.0 Å². The highest BCUT2D eigenvalue weighted by atomic mass is 35.5. The number of benzene rings is 1. The van der Waals surface area contributed by atoms with Crippen LogP contribution in [-0.2, 0) is 16.4 Å². The van der Waals surface area contributed by atoms with Gasteiger partial charge in [-0.3, -0.25) is 0 Å². The van der Waals surface area contributed by atoms with Crippen LogP contribution in [-0.4, -0.2) is 24.3 Å². The maximum Gasteiger partial charge on any atom is 0.240 e. The number of imidazole rings is 1. The van der Waals surface area contributed by atoms with Crippen molar-refractivity contribution in [2.45, 2.75) is 11.3 Å². The normalized spacial score (nSPS) is 11.9. The van der Waals surface area contributed by atoms with Crippen LogP contribution in [0.15, 0.2) is 53.7 Å². The second kappa shape index (κ2) is 6.27. The second-order valence-corrected chi connectivity index (χ2v) is 7.15. The lowest BCUT2D eigenvalue weighted by atomic mass is 10.3. The highest BCUT2D eigenvalue weighted by Gasteiger charge is 2.13. The van der Waals surface area contributed by atoms with Crippen molar-refractivity contribution < 1.29 is 12.8 Å². The summed E-state index contributed by atoms with van der Waals surface area (Å²) in [5.74, 6) is -0.357. The molecule has 120 valence electrons. The monoisotopic (exact) mass is 353 g/mol. The SMILES string of the molecule is O=S(=O)(NCCc1cn2cc(F)ccc2n1)c1ccc(Cl)cc1. The van der Waals surface area contributed by atoms with Crippen LogP contribution >= 0.6 is 11.6 Å². The Balaban J connectivity index is 1.66. The zero-order chi connectivity index (χ0) is 16.4. The summed E-state index contributed by atoms with van der Waals surface area (Å²) in [6.07, 6.45) is 3.40. The molecule has 3 aromatic rings. The van der Waals surface area contributed by atoms with Crippen molar-refractivity contribution in [3.8, 4) is 0 Å². The fourth-order valence-corrected chi connectivity index (χ4v) is 3.31. The number of nitrogens with one attached hydrogen (secondary N) is 1. The molecule has 0 aliphatic rings. The minimum atomic E-state index is -3.59. The lowest BCUT2D eigenvalue weighted by Crippen LogP contribution is -2.26. The number of halogens is 2. The summed E-state index contributed by atoms with van der Waals surface area (Å²) >= 11 is 5.74. The molecule has 0 aliphatic heterocycles. The van der Waals surface area contributed by atoms with Crippen molar-refractivity contribution in [1.82, 2.24) is 14.1 Å². The molecule has 0 saturated carbocycles. The fourth-order valence-electron chi connectivity index (χ4n) is 2.15. The smallest absolute Gasteiger partial charge is 0.240 e. The quantitative estimate of drug-likeness (QED) is 0.767. The predicted octanol–water partition coefficient (Wildman–Crippen LogP) is 2.65. The Morgan fingerprint density at radius 1 is 1.13 bits per heavy atom. The average Bonchev–Trinajstić information content (AvgIpc) is 2.89. The second-order valence-electron chi connectivity index (χ2n) is 4.95. The van der Waals surface area contributed by atoms with Crippen LogP contribution in [0.25, 0.3) is 5.65 Å². The third-order valence-corrected chi connectivity index (χ3v) is 4.99. The Hall–Kier alpha value is -1.96. The van der Waals surface area contributed by atoms with Crippen molar-refractivity contribution in [2.24, 2.45) is 0 Å². The van der Waals surface area contributed by atoms with Gasteiger partial charge in [-0.2, -0.15) is 0 Å². The Kier molecular flexibility index (Phi) is 4.34. The van der Waals surface area contributed by atoms with Crippen LogP contribution in [0.1, 0.15) is 5.69 Å². The van der Waals surface area contributed by atoms with E-state index in [0.717, 1.165) is 0 Å². The highest BCUT2D eigenvalue weighted by molar-refractivity contribution is 7.89. The van der Waals surface area contributed by atoms with E-state index in [9.17, 15) is 12.8 Å². The van der Waals surface area contributed by atoms with Gasteiger partial charge in [0.15, 0.2) is 0 Å². The molecule has 5 nitrogen and oxygen atoms in total. The Morgan fingerprint density at radius 2 is 1.87 bits per heavy atom. The van der Waals surface area contributed by atoms with Gasteiger partial charge >= 0.3 is 0 Å². The van der Waals surface area contributed by atoms with Gasteiger partial charge in [-0.25, -0.2) is 22.5 Å². The molecule has 8 heteroatoms. The van der Waals surface area contributed by atoms with Crippen LogP contribution in [0.2, 0.25) is 5.02 Å². The van der Waals surface area contributed by atoms with E-state index in [0.29, 0.717) is 22.8 Å². The summed E-state index contributed by atoms with van der Waals surface area (Å²) in [6.45, 7) is 0.192. The molecule has 0 bridgehead atoms. The van der Waals surface area contributed by atoms with Crippen LogP contribution in [0.3, 0.4) is 0 Å². The van der Waals surface area contributed by atoms with Gasteiger partial charge < -0.3 is 4.40 Å². The molecule has 0 amide bonds. The van der Waals surface area contributed by atoms with Crippen LogP contribution in [0.5, 0.6) is 0 Å². The Bertz CT molecular complexity index is 939. The summed E-state index contributed by atoms with van der Waals surface area (Å²) in [4.78, 5) is 4.45. The van der Waals surface area contributed by atoms with E-state index in [1.165, 1.54) is 36.5 Å². The van der Waals surface area contributed by atoms with Crippen molar-refractivity contribution in [3.05, 3.63) is 65.3 Å². The standard InChI is InChI=1S/C15H13ClFN3O2S/c16-11-1-4-14(5-2-11)23(21,22)18-8-7-13-10-20-9-12(17)3-6-15(20)19-13/h1-6,9-10,18H,7-8H2. The zero-order valence-corrected chi connectivity index (χ0v) is 13.5. The molecule has 0 atom stereocenters. The first-order valence-electron chi connectivity index (χ1n) is 6.82. The van der Waals surface area contributed by atoms with E-state index in [1.54, 1.807) is 16.7 Å². The van der Waals surface area contributed by atoms with Crippen molar-refractivity contribution in [2.75, 3.05) is 6.54 Å². The molecule has 2 heterocycles. The van der Waals surface area contributed by atoms with Gasteiger partial charge in [0.05, 0.1) is 10.6 Å². The third kappa shape index (κ3) is 3.69. The van der Waals surface area contributed by atoms with Gasteiger partial charge in [0, 0.05) is 30.4 Å². The first-order valence-corrected chi connectivity index (χ1v) is 8.68. The number of pyridine rings is 1. The number of fused-ring (bicyclic) bond motifs is 1. The Morgan fingerprint density at radius 3 is 2.61 bits per heavy atom. The molecule has 0 aliphatic carbocycles. The first kappa shape index (κ1) is 15.9. The maximum absolute atomic E-state index is 13.1. The van der Waals surface area contributed by atoms with E-state index in [1.807, 2.05) is 0 Å². The zero-order valence-electron chi connectivity index (χ0n) is 11.9. The molecule has 3 rings (SSSR count). The van der Waals surface area contributed by atoms with Gasteiger partial charge in [-0.05, 0) is 36.4 Å². The van der Waals surface area contributed by atoms with E-state index in [4.69, 9.17) is 11.6 Å². The molecule has 0 radical (unpaired) electrons. The van der Waals surface area contributed by atoms with E-state index in [2.05, 4.69) is 9.71 Å². The maximum atomic E-state index is 13.1. The molecule has 1 aromatic carbocycles. The van der Waals surface area contributed by atoms with Gasteiger partial charge in [-0.1, -0.05) is 11.6 Å². The minimum absolute atomic E-state index is 0.152. The number of nitrogens with zero attached hydrogens (tertiary/aromatic N) is 2. The molecule has 1 N–H and O–H groups in total. The summed E-state index contributed by atoms with van der Waals surface area (Å²) < 4.78 is 41.4. The fraction of sp³-hybridized carbons (Fsp3) is 0.133. The molecule has 2 aromatic heterocycles. The van der Waals surface area contributed by atoms with Gasteiger partial charge in [0.1, 0.15) is 11.5 Å². The summed E-state index contributed by atoms with van der Waals surface area (Å²) in [5.41, 5.74) is 1.29. The van der Waals surface area contributed by atoms with Crippen LogP contribution < -0.4 is 4.72 Å². The highest BCUT2D eigenvalue weighted by Crippen LogP contribution is 2.14. The van der Waals surface area contributed by atoms with Crippen molar-refractivity contribution >= 4 is 27.3 Å². The van der Waals surface area contributed by atoms with Crippen LogP contribution in [0, 0.1) is 5.82 Å². The molecule has 0 unspecified atom stereocenters. The minimum Gasteiger partial charge on any atom is -0.304 e. The predicted molar refractivity (Wildman–Crippen MR) is 85.5 cm³/mol. The number of sulfonamides is 1. The number of hydrogen-bond donors (Lipinski definition) is 1. The molecule has 0 spiro atoms. The molecule has 0 saturated heterocycles. The van der Waals surface area contributed by atoms with Gasteiger partial charge in [0.2, 0.25) is 10.0 Å². The summed E-state index contributed by atoms with van der Waals surface area (Å²) in [6, 6.07) is 8.82. The number of hydrogen-bond acceptors (Lipinski definition) is 3. The van der Waals surface area contributed by atoms with Crippen LogP contribution in [0.4, 0.5) is 4.39 Å². The van der Waals surface area contributed by atoms with Gasteiger partial charge in [-0.15, -0.1) is 0 Å². The van der Waals surface area contributed by atoms with Crippen molar-refractivity contribution in [3.63, 3.8) is 0 Å². The first-order chi connectivity index (χ1) is 10.9. The average molecular weight is 354 g/mol. The largest absolute Gasteiger partial charge is 0.304 e. The molecule has 0 fully saturated rings. The lowest BCUT2D eigenvalue weighted by molar-refractivity contribution is 0.581. The number of aromatic nitrogens is 2. The van der Waals surface area contributed by atoms with Crippen molar-refractivity contribution in [1.29, 1.82) is 0 Å². The number of rotatable bonds is 5. The summed E-state index contributed by atoms with van der Waals surface area (Å²) in [7, 11) is -3.59. The van der Waals surface area contributed by atoms with E-state index in [-0.39, 0.29) is 17.3 Å². The van der Waals surface area contributed by atoms with E-state index >= 15 is 0 Å². The topological polar surface area (TPSA) is 63.5 Å². The molecular formula is C15H13ClFN3O2S. The molecule has 23 heavy (non-hydrogen) atoms.